The van der Waals surface area contributed by atoms with Crippen LogP contribution in [0.15, 0.2) is 45.3 Å². The molecule has 18 heavy (non-hydrogen) atoms. The highest BCUT2D eigenvalue weighted by Crippen LogP contribution is 2.26. The van der Waals surface area contributed by atoms with Crippen molar-refractivity contribution >= 4 is 43.2 Å². The van der Waals surface area contributed by atoms with Gasteiger partial charge in [-0.15, -0.1) is 0 Å². The fourth-order valence-corrected chi connectivity index (χ4v) is 2.20. The van der Waals surface area contributed by atoms with Gasteiger partial charge in [-0.25, -0.2) is 0 Å². The van der Waals surface area contributed by atoms with E-state index in [1.807, 2.05) is 37.3 Å². The van der Waals surface area contributed by atoms with Crippen LogP contribution in [0.4, 0.5) is 11.4 Å². The van der Waals surface area contributed by atoms with Crippen LogP contribution in [0.1, 0.15) is 11.1 Å². The number of aryl methyl sites for hydroxylation is 1. The van der Waals surface area contributed by atoms with Gasteiger partial charge in [0.05, 0.1) is 11.3 Å². The molecule has 2 aromatic rings. The lowest BCUT2D eigenvalue weighted by Crippen LogP contribution is -1.94. The van der Waals surface area contributed by atoms with E-state index in [1.54, 1.807) is 6.07 Å². The van der Waals surface area contributed by atoms with E-state index in [9.17, 15) is 0 Å². The minimum atomic E-state index is 0.616. The van der Waals surface area contributed by atoms with Crippen molar-refractivity contribution in [3.63, 3.8) is 0 Å². The minimum absolute atomic E-state index is 0.616. The third kappa shape index (κ3) is 2.92. The highest BCUT2D eigenvalue weighted by atomic mass is 79.9. The van der Waals surface area contributed by atoms with Gasteiger partial charge in [0.15, 0.2) is 0 Å². The first-order chi connectivity index (χ1) is 8.60. The molecule has 2 rings (SSSR count). The number of anilines is 2. The fourth-order valence-electron chi connectivity index (χ4n) is 1.60. The summed E-state index contributed by atoms with van der Waals surface area (Å²) in [6, 6.07) is 13.8. The quantitative estimate of drug-likeness (QED) is 0.800. The minimum Gasteiger partial charge on any atom is -0.354 e. The molecule has 0 atom stereocenters. The molecule has 2 nitrogen and oxygen atoms in total. The van der Waals surface area contributed by atoms with Crippen LogP contribution in [-0.2, 0) is 0 Å². The van der Waals surface area contributed by atoms with Crippen LogP contribution in [0, 0.1) is 18.3 Å². The second-order valence-electron chi connectivity index (χ2n) is 3.89. The summed E-state index contributed by atoms with van der Waals surface area (Å²) in [4.78, 5) is 0. The van der Waals surface area contributed by atoms with E-state index < -0.39 is 0 Å². The number of nitrogens with one attached hydrogen (secondary N) is 1. The average Bonchev–Trinajstić information content (AvgIpc) is 2.36. The molecule has 0 aliphatic heterocycles. The highest BCUT2D eigenvalue weighted by Gasteiger charge is 2.04. The van der Waals surface area contributed by atoms with Crippen molar-refractivity contribution in [2.24, 2.45) is 0 Å². The lowest BCUT2D eigenvalue weighted by molar-refractivity contribution is 1.40. The van der Waals surface area contributed by atoms with Crippen molar-refractivity contribution in [3.8, 4) is 6.07 Å². The number of hydrogen-bond donors (Lipinski definition) is 1. The molecule has 0 unspecified atom stereocenters. The van der Waals surface area contributed by atoms with Crippen LogP contribution in [0.25, 0.3) is 0 Å². The summed E-state index contributed by atoms with van der Waals surface area (Å²) in [6.45, 7) is 2.03. The van der Waals surface area contributed by atoms with E-state index in [0.29, 0.717) is 5.56 Å². The first-order valence-electron chi connectivity index (χ1n) is 5.33. The molecule has 0 radical (unpaired) electrons. The van der Waals surface area contributed by atoms with Gasteiger partial charge in [0.2, 0.25) is 0 Å². The Hall–Kier alpha value is -1.31. The molecule has 0 aliphatic rings. The zero-order valence-electron chi connectivity index (χ0n) is 9.67. The van der Waals surface area contributed by atoms with E-state index >= 15 is 0 Å². The maximum atomic E-state index is 9.10. The summed E-state index contributed by atoms with van der Waals surface area (Å²) in [5, 5.41) is 12.4. The lowest BCUT2D eigenvalue weighted by atomic mass is 10.1. The van der Waals surface area contributed by atoms with Gasteiger partial charge in [-0.3, -0.25) is 0 Å². The first kappa shape index (κ1) is 13.1. The Labute approximate surface area is 123 Å². The molecule has 0 spiro atoms. The summed E-state index contributed by atoms with van der Waals surface area (Å²) < 4.78 is 1.97. The molecule has 0 amide bonds. The number of hydrogen-bond acceptors (Lipinski definition) is 2. The van der Waals surface area contributed by atoms with Crippen LogP contribution < -0.4 is 5.32 Å². The molecule has 2 aromatic carbocycles. The third-order valence-corrected chi connectivity index (χ3v) is 3.92. The summed E-state index contributed by atoms with van der Waals surface area (Å²) in [7, 11) is 0. The standard InChI is InChI=1S/C14H10Br2N2/c1-9-6-12(3-4-13(9)16)18-14-5-2-11(15)7-10(14)8-17/h2-7,18H,1H3. The molecular formula is C14H10Br2N2. The summed E-state index contributed by atoms with van der Waals surface area (Å²) >= 11 is 6.82. The second kappa shape index (κ2) is 5.55. The Morgan fingerprint density at radius 1 is 1.11 bits per heavy atom. The van der Waals surface area contributed by atoms with Crippen molar-refractivity contribution < 1.29 is 0 Å². The molecule has 0 saturated carbocycles. The Morgan fingerprint density at radius 3 is 2.56 bits per heavy atom. The van der Waals surface area contributed by atoms with Gasteiger partial charge in [-0.1, -0.05) is 31.9 Å². The number of halogens is 2. The largest absolute Gasteiger partial charge is 0.354 e. The molecule has 0 fully saturated rings. The van der Waals surface area contributed by atoms with Crippen molar-refractivity contribution in [2.45, 2.75) is 6.92 Å². The molecule has 90 valence electrons. The molecular weight excluding hydrogens is 356 g/mol. The Balaban J connectivity index is 2.34. The number of rotatable bonds is 2. The molecule has 0 bridgehead atoms. The van der Waals surface area contributed by atoms with Gasteiger partial charge in [0, 0.05) is 14.6 Å². The average molecular weight is 366 g/mol. The van der Waals surface area contributed by atoms with Gasteiger partial charge >= 0.3 is 0 Å². The highest BCUT2D eigenvalue weighted by molar-refractivity contribution is 9.10. The van der Waals surface area contributed by atoms with Gasteiger partial charge in [0.25, 0.3) is 0 Å². The van der Waals surface area contributed by atoms with Crippen LogP contribution in [0.2, 0.25) is 0 Å². The number of benzene rings is 2. The van der Waals surface area contributed by atoms with Crippen LogP contribution in [-0.4, -0.2) is 0 Å². The summed E-state index contributed by atoms with van der Waals surface area (Å²) in [5.74, 6) is 0. The predicted octanol–water partition coefficient (Wildman–Crippen LogP) is 5.14. The zero-order chi connectivity index (χ0) is 13.1. The van der Waals surface area contributed by atoms with Gasteiger partial charge < -0.3 is 5.32 Å². The fraction of sp³-hybridized carbons (Fsp3) is 0.0714. The molecule has 0 aromatic heterocycles. The van der Waals surface area contributed by atoms with Crippen LogP contribution in [0.5, 0.6) is 0 Å². The lowest BCUT2D eigenvalue weighted by Gasteiger charge is -2.10. The topological polar surface area (TPSA) is 35.8 Å². The summed E-state index contributed by atoms with van der Waals surface area (Å²) in [5.41, 5.74) is 3.54. The summed E-state index contributed by atoms with van der Waals surface area (Å²) in [6.07, 6.45) is 0. The van der Waals surface area contributed by atoms with Crippen molar-refractivity contribution in [3.05, 3.63) is 56.5 Å². The molecule has 1 N–H and O–H groups in total. The normalized spacial score (nSPS) is 9.89. The van der Waals surface area contributed by atoms with E-state index in [4.69, 9.17) is 5.26 Å². The van der Waals surface area contributed by atoms with E-state index in [-0.39, 0.29) is 0 Å². The first-order valence-corrected chi connectivity index (χ1v) is 6.91. The number of nitrogens with zero attached hydrogens (tertiary/aromatic N) is 1. The van der Waals surface area contributed by atoms with Crippen LogP contribution in [0.3, 0.4) is 0 Å². The van der Waals surface area contributed by atoms with Crippen LogP contribution >= 0.6 is 31.9 Å². The van der Waals surface area contributed by atoms with Crippen molar-refractivity contribution in [1.29, 1.82) is 5.26 Å². The zero-order valence-corrected chi connectivity index (χ0v) is 12.8. The Bertz CT molecular complexity index is 630. The maximum absolute atomic E-state index is 9.10. The Kier molecular flexibility index (Phi) is 4.05. The molecule has 0 aliphatic carbocycles. The van der Waals surface area contributed by atoms with E-state index in [1.165, 1.54) is 0 Å². The van der Waals surface area contributed by atoms with E-state index in [0.717, 1.165) is 25.9 Å². The van der Waals surface area contributed by atoms with Crippen molar-refractivity contribution in [1.82, 2.24) is 0 Å². The second-order valence-corrected chi connectivity index (χ2v) is 5.66. The van der Waals surface area contributed by atoms with Gasteiger partial charge in [-0.05, 0) is 48.9 Å². The van der Waals surface area contributed by atoms with Crippen molar-refractivity contribution in [2.75, 3.05) is 5.32 Å². The monoisotopic (exact) mass is 364 g/mol. The van der Waals surface area contributed by atoms with Gasteiger partial charge in [0.1, 0.15) is 6.07 Å². The van der Waals surface area contributed by atoms with Gasteiger partial charge in [-0.2, -0.15) is 5.26 Å². The smallest absolute Gasteiger partial charge is 0.101 e. The third-order valence-electron chi connectivity index (χ3n) is 2.54. The molecule has 4 heteroatoms. The maximum Gasteiger partial charge on any atom is 0.101 e. The predicted molar refractivity (Wildman–Crippen MR) is 81.0 cm³/mol. The number of nitriles is 1. The molecule has 0 heterocycles. The van der Waals surface area contributed by atoms with E-state index in [2.05, 4.69) is 43.2 Å². The SMILES string of the molecule is Cc1cc(Nc2ccc(Br)cc2C#N)ccc1Br. The molecule has 0 saturated heterocycles. The Morgan fingerprint density at radius 2 is 1.89 bits per heavy atom.